The molecular weight excluding hydrogens is 224 g/mol. The van der Waals surface area contributed by atoms with E-state index >= 15 is 0 Å². The number of nitrogens with zero attached hydrogens (tertiary/aromatic N) is 1. The van der Waals surface area contributed by atoms with Gasteiger partial charge in [0.15, 0.2) is 0 Å². The maximum absolute atomic E-state index is 10.7. The summed E-state index contributed by atoms with van der Waals surface area (Å²) in [7, 11) is 0. The van der Waals surface area contributed by atoms with Crippen molar-refractivity contribution in [3.8, 4) is 0 Å². The number of amidine groups is 1. The lowest BCUT2D eigenvalue weighted by molar-refractivity contribution is 0.538. The van der Waals surface area contributed by atoms with Crippen LogP contribution < -0.4 is 5.32 Å². The Morgan fingerprint density at radius 3 is 2.69 bits per heavy atom. The lowest BCUT2D eigenvalue weighted by Crippen LogP contribution is -2.28. The van der Waals surface area contributed by atoms with Crippen LogP contribution in [0.4, 0.5) is 5.69 Å². The minimum atomic E-state index is -2.42. The molecule has 0 aromatic heterocycles. The number of nitrogens with one attached hydrogen (secondary N) is 1. The Kier molecular flexibility index (Phi) is 2.59. The van der Waals surface area contributed by atoms with E-state index in [-0.39, 0.29) is 5.41 Å². The number of anilines is 1. The molecule has 1 N–H and O–H groups in total. The van der Waals surface area contributed by atoms with Crippen molar-refractivity contribution in [3.63, 3.8) is 0 Å². The Morgan fingerprint density at radius 1 is 1.44 bits per heavy atom. The molecule has 2 rings (SSSR count). The van der Waals surface area contributed by atoms with E-state index in [1.54, 1.807) is 0 Å². The second kappa shape index (κ2) is 3.68. The van der Waals surface area contributed by atoms with E-state index in [4.69, 9.17) is 0 Å². The van der Waals surface area contributed by atoms with Crippen LogP contribution >= 0.6 is 0 Å². The lowest BCUT2D eigenvalue weighted by atomic mass is 9.83. The van der Waals surface area contributed by atoms with Crippen molar-refractivity contribution in [1.82, 2.24) is 0 Å². The minimum Gasteiger partial charge on any atom is -0.754 e. The molecule has 0 radical (unpaired) electrons. The summed E-state index contributed by atoms with van der Waals surface area (Å²) < 4.78 is 24.9. The van der Waals surface area contributed by atoms with Gasteiger partial charge in [-0.3, -0.25) is 4.21 Å². The van der Waals surface area contributed by atoms with Gasteiger partial charge in [0.1, 0.15) is 5.84 Å². The Bertz CT molecular complexity index is 495. The summed E-state index contributed by atoms with van der Waals surface area (Å²) in [6.07, 6.45) is 0. The standard InChI is InChI=1S/C11H14N2O2S/c1-7-5-4-6-8-9(7)11(2,3)10(12-8)13-16(14)15/h4-6H,1-3H3,(H,12,13)(H,14,15)/p-1. The summed E-state index contributed by atoms with van der Waals surface area (Å²) in [5, 5.41) is 3.05. The molecule has 0 amide bonds. The highest BCUT2D eigenvalue weighted by Gasteiger charge is 2.37. The molecule has 4 nitrogen and oxygen atoms in total. The molecule has 5 heteroatoms. The van der Waals surface area contributed by atoms with Crippen molar-refractivity contribution in [2.24, 2.45) is 4.40 Å². The van der Waals surface area contributed by atoms with Gasteiger partial charge in [-0.15, -0.1) is 0 Å². The highest BCUT2D eigenvalue weighted by Crippen LogP contribution is 2.39. The van der Waals surface area contributed by atoms with Gasteiger partial charge in [-0.1, -0.05) is 12.1 Å². The number of aryl methyl sites for hydroxylation is 1. The van der Waals surface area contributed by atoms with Crippen molar-refractivity contribution >= 4 is 22.8 Å². The quantitative estimate of drug-likeness (QED) is 0.758. The van der Waals surface area contributed by atoms with Crippen LogP contribution in [0.1, 0.15) is 25.0 Å². The molecule has 0 spiro atoms. The fraction of sp³-hybridized carbons (Fsp3) is 0.364. The molecule has 0 fully saturated rings. The number of rotatable bonds is 1. The topological polar surface area (TPSA) is 64.5 Å². The first kappa shape index (κ1) is 11.3. The minimum absolute atomic E-state index is 0.388. The van der Waals surface area contributed by atoms with Crippen molar-refractivity contribution in [3.05, 3.63) is 29.3 Å². The molecule has 86 valence electrons. The van der Waals surface area contributed by atoms with E-state index in [0.29, 0.717) is 5.84 Å². The van der Waals surface area contributed by atoms with Crippen molar-refractivity contribution < 1.29 is 8.76 Å². The number of hydrogen-bond donors (Lipinski definition) is 1. The van der Waals surface area contributed by atoms with Crippen LogP contribution in [0.15, 0.2) is 22.6 Å². The van der Waals surface area contributed by atoms with Crippen LogP contribution in [0.2, 0.25) is 0 Å². The van der Waals surface area contributed by atoms with Gasteiger partial charge >= 0.3 is 0 Å². The zero-order chi connectivity index (χ0) is 11.9. The first-order valence-corrected chi connectivity index (χ1v) is 6.02. The van der Waals surface area contributed by atoms with Crippen LogP contribution in [0.25, 0.3) is 0 Å². The number of benzene rings is 1. The van der Waals surface area contributed by atoms with Crippen LogP contribution in [0.5, 0.6) is 0 Å². The number of hydrogen-bond acceptors (Lipinski definition) is 2. The molecule has 16 heavy (non-hydrogen) atoms. The summed E-state index contributed by atoms with van der Waals surface area (Å²) in [6, 6.07) is 5.88. The van der Waals surface area contributed by atoms with Gasteiger partial charge in [-0.25, -0.2) is 0 Å². The Hall–Kier alpha value is -1.20. The molecule has 1 aromatic carbocycles. The zero-order valence-electron chi connectivity index (χ0n) is 9.40. The van der Waals surface area contributed by atoms with Crippen molar-refractivity contribution in [1.29, 1.82) is 0 Å². The highest BCUT2D eigenvalue weighted by molar-refractivity contribution is 7.77. The third kappa shape index (κ3) is 1.66. The fourth-order valence-electron chi connectivity index (χ4n) is 2.22. The van der Waals surface area contributed by atoms with Gasteiger partial charge in [0.05, 0.1) is 16.7 Å². The van der Waals surface area contributed by atoms with E-state index in [0.717, 1.165) is 16.8 Å². The zero-order valence-corrected chi connectivity index (χ0v) is 10.2. The lowest BCUT2D eigenvalue weighted by Gasteiger charge is -2.20. The average Bonchev–Trinajstić information content (AvgIpc) is 2.38. The SMILES string of the molecule is Cc1cccc2c1C(C)(C)C(=NS(=O)[O-])N2. The molecule has 1 aromatic rings. The smallest absolute Gasteiger partial charge is 0.126 e. The molecule has 0 saturated heterocycles. The van der Waals surface area contributed by atoms with E-state index in [9.17, 15) is 8.76 Å². The van der Waals surface area contributed by atoms with Crippen LogP contribution in [-0.2, 0) is 16.7 Å². The van der Waals surface area contributed by atoms with E-state index < -0.39 is 11.3 Å². The van der Waals surface area contributed by atoms with E-state index in [1.807, 2.05) is 39.0 Å². The van der Waals surface area contributed by atoms with Gasteiger partial charge in [-0.05, 0) is 38.0 Å². The van der Waals surface area contributed by atoms with Gasteiger partial charge in [-0.2, -0.15) is 4.40 Å². The third-order valence-corrected chi connectivity index (χ3v) is 3.24. The summed E-state index contributed by atoms with van der Waals surface area (Å²) in [4.78, 5) is 0. The molecule has 1 aliphatic heterocycles. The number of fused-ring (bicyclic) bond motifs is 1. The van der Waals surface area contributed by atoms with Gasteiger partial charge < -0.3 is 9.87 Å². The van der Waals surface area contributed by atoms with E-state index in [1.165, 1.54) is 0 Å². The summed E-state index contributed by atoms with van der Waals surface area (Å²) in [5.74, 6) is 0.477. The normalized spacial score (nSPS) is 21.6. The maximum Gasteiger partial charge on any atom is 0.126 e. The maximum atomic E-state index is 10.7. The molecule has 1 heterocycles. The molecule has 0 aliphatic carbocycles. The van der Waals surface area contributed by atoms with Gasteiger partial charge in [0.25, 0.3) is 0 Å². The van der Waals surface area contributed by atoms with Crippen LogP contribution in [0, 0.1) is 6.92 Å². The predicted octanol–water partition coefficient (Wildman–Crippen LogP) is 1.89. The summed E-state index contributed by atoms with van der Waals surface area (Å²) >= 11 is -2.42. The molecule has 0 bridgehead atoms. The average molecular weight is 237 g/mol. The van der Waals surface area contributed by atoms with E-state index in [2.05, 4.69) is 9.71 Å². The van der Waals surface area contributed by atoms with Gasteiger partial charge in [0.2, 0.25) is 0 Å². The molecule has 1 unspecified atom stereocenters. The second-order valence-electron chi connectivity index (χ2n) is 4.40. The molecule has 1 aliphatic rings. The Balaban J connectivity index is 2.59. The highest BCUT2D eigenvalue weighted by atomic mass is 32.2. The fourth-order valence-corrected chi connectivity index (χ4v) is 2.64. The molecular formula is C11H13N2O2S-. The Labute approximate surface area is 97.2 Å². The first-order chi connectivity index (χ1) is 7.43. The summed E-state index contributed by atoms with van der Waals surface area (Å²) in [6.45, 7) is 5.94. The predicted molar refractivity (Wildman–Crippen MR) is 64.2 cm³/mol. The largest absolute Gasteiger partial charge is 0.754 e. The molecule has 0 saturated carbocycles. The molecule has 1 atom stereocenters. The summed E-state index contributed by atoms with van der Waals surface area (Å²) in [5.41, 5.74) is 2.80. The van der Waals surface area contributed by atoms with Crippen LogP contribution in [0.3, 0.4) is 0 Å². The van der Waals surface area contributed by atoms with Crippen LogP contribution in [-0.4, -0.2) is 14.6 Å². The van der Waals surface area contributed by atoms with Gasteiger partial charge in [0, 0.05) is 5.69 Å². The monoisotopic (exact) mass is 237 g/mol. The first-order valence-electron chi connectivity index (χ1n) is 4.98. The van der Waals surface area contributed by atoms with Crippen molar-refractivity contribution in [2.75, 3.05) is 5.32 Å². The van der Waals surface area contributed by atoms with Crippen molar-refractivity contribution in [2.45, 2.75) is 26.2 Å². The second-order valence-corrected chi connectivity index (χ2v) is 5.02. The Morgan fingerprint density at radius 2 is 2.12 bits per heavy atom. The third-order valence-electron chi connectivity index (χ3n) is 2.91.